The molecule has 1 aromatic heterocycles. The molecule has 0 aliphatic rings. The zero-order valence-electron chi connectivity index (χ0n) is 8.38. The van der Waals surface area contributed by atoms with E-state index in [4.69, 9.17) is 16.7 Å². The van der Waals surface area contributed by atoms with Gasteiger partial charge in [0.1, 0.15) is 23.3 Å². The predicted octanol–water partition coefficient (Wildman–Crippen LogP) is 1.18. The van der Waals surface area contributed by atoms with Crippen LogP contribution in [-0.2, 0) is 0 Å². The van der Waals surface area contributed by atoms with Gasteiger partial charge in [0.25, 0.3) is 0 Å². The van der Waals surface area contributed by atoms with Crippen LogP contribution in [0.3, 0.4) is 0 Å². The summed E-state index contributed by atoms with van der Waals surface area (Å²) in [5.74, 6) is 0.636. The van der Waals surface area contributed by atoms with Gasteiger partial charge in [-0.25, -0.2) is 9.97 Å². The second-order valence-corrected chi connectivity index (χ2v) is 3.17. The number of aromatic nitrogens is 2. The van der Waals surface area contributed by atoms with E-state index < -0.39 is 0 Å². The summed E-state index contributed by atoms with van der Waals surface area (Å²) in [6.07, 6.45) is 0. The average Bonchev–Trinajstić information content (AvgIpc) is 2.30. The SMILES string of the molecule is N#Cc1c(N)nc(-c2ccccc2)nc1N. The molecule has 0 fully saturated rings. The van der Waals surface area contributed by atoms with E-state index in [1.165, 1.54) is 0 Å². The lowest BCUT2D eigenvalue weighted by atomic mass is 10.2. The van der Waals surface area contributed by atoms with Crippen LogP contribution < -0.4 is 11.5 Å². The van der Waals surface area contributed by atoms with Gasteiger partial charge >= 0.3 is 0 Å². The fourth-order valence-corrected chi connectivity index (χ4v) is 1.33. The molecule has 0 amide bonds. The van der Waals surface area contributed by atoms with Crippen LogP contribution >= 0.6 is 0 Å². The van der Waals surface area contributed by atoms with Crippen LogP contribution in [0.25, 0.3) is 11.4 Å². The summed E-state index contributed by atoms with van der Waals surface area (Å²) in [4.78, 5) is 8.08. The number of anilines is 2. The van der Waals surface area contributed by atoms with Gasteiger partial charge in [-0.1, -0.05) is 30.3 Å². The van der Waals surface area contributed by atoms with Crippen molar-refractivity contribution in [3.63, 3.8) is 0 Å². The number of hydrogen-bond donors (Lipinski definition) is 2. The summed E-state index contributed by atoms with van der Waals surface area (Å²) in [7, 11) is 0. The third-order valence-electron chi connectivity index (χ3n) is 2.11. The molecule has 1 heterocycles. The molecule has 0 saturated carbocycles. The minimum absolute atomic E-state index is 0.105. The molecule has 0 saturated heterocycles. The summed E-state index contributed by atoms with van der Waals surface area (Å²) in [6, 6.07) is 11.2. The zero-order valence-corrected chi connectivity index (χ0v) is 8.38. The molecule has 5 heteroatoms. The summed E-state index contributed by atoms with van der Waals surface area (Å²) in [5, 5.41) is 8.77. The van der Waals surface area contributed by atoms with Gasteiger partial charge in [-0.15, -0.1) is 0 Å². The van der Waals surface area contributed by atoms with Gasteiger partial charge in [0.15, 0.2) is 5.82 Å². The third-order valence-corrected chi connectivity index (χ3v) is 2.11. The van der Waals surface area contributed by atoms with Crippen molar-refractivity contribution in [3.8, 4) is 17.5 Å². The quantitative estimate of drug-likeness (QED) is 0.737. The van der Waals surface area contributed by atoms with E-state index in [1.54, 1.807) is 0 Å². The van der Waals surface area contributed by atoms with Gasteiger partial charge in [0, 0.05) is 5.56 Å². The first-order chi connectivity index (χ1) is 7.72. The van der Waals surface area contributed by atoms with E-state index in [2.05, 4.69) is 9.97 Å². The molecule has 1 aromatic carbocycles. The molecule has 0 radical (unpaired) electrons. The predicted molar refractivity (Wildman–Crippen MR) is 61.0 cm³/mol. The fraction of sp³-hybridized carbons (Fsp3) is 0. The monoisotopic (exact) mass is 211 g/mol. The van der Waals surface area contributed by atoms with Gasteiger partial charge in [0.05, 0.1) is 0 Å². The van der Waals surface area contributed by atoms with E-state index in [-0.39, 0.29) is 17.2 Å². The van der Waals surface area contributed by atoms with Crippen molar-refractivity contribution in [2.24, 2.45) is 0 Å². The number of hydrogen-bond acceptors (Lipinski definition) is 5. The van der Waals surface area contributed by atoms with Crippen LogP contribution in [-0.4, -0.2) is 9.97 Å². The van der Waals surface area contributed by atoms with Crippen LogP contribution in [0.1, 0.15) is 5.56 Å². The van der Waals surface area contributed by atoms with E-state index in [0.717, 1.165) is 5.56 Å². The molecule has 16 heavy (non-hydrogen) atoms. The molecule has 78 valence electrons. The molecule has 5 nitrogen and oxygen atoms in total. The van der Waals surface area contributed by atoms with Crippen LogP contribution in [0, 0.1) is 11.3 Å². The van der Waals surface area contributed by atoms with Crippen LogP contribution in [0.2, 0.25) is 0 Å². The Morgan fingerprint density at radius 2 is 1.56 bits per heavy atom. The molecular formula is C11H9N5. The lowest BCUT2D eigenvalue weighted by Crippen LogP contribution is -2.04. The Kier molecular flexibility index (Phi) is 2.40. The zero-order chi connectivity index (χ0) is 11.5. The molecule has 4 N–H and O–H groups in total. The van der Waals surface area contributed by atoms with Crippen molar-refractivity contribution in [2.75, 3.05) is 11.5 Å². The Hall–Kier alpha value is -2.61. The van der Waals surface area contributed by atoms with Crippen LogP contribution in [0.4, 0.5) is 11.6 Å². The summed E-state index contributed by atoms with van der Waals surface area (Å²) in [5.41, 5.74) is 12.2. The van der Waals surface area contributed by atoms with Crippen molar-refractivity contribution < 1.29 is 0 Å². The fourth-order valence-electron chi connectivity index (χ4n) is 1.33. The molecule has 0 spiro atoms. The maximum Gasteiger partial charge on any atom is 0.163 e. The van der Waals surface area contributed by atoms with Gasteiger partial charge in [-0.05, 0) is 0 Å². The molecule has 0 aliphatic heterocycles. The van der Waals surface area contributed by atoms with Crippen LogP contribution in [0.15, 0.2) is 30.3 Å². The third kappa shape index (κ3) is 1.64. The first kappa shape index (κ1) is 9.93. The van der Waals surface area contributed by atoms with Gasteiger partial charge in [0.2, 0.25) is 0 Å². The average molecular weight is 211 g/mol. The van der Waals surface area contributed by atoms with Crippen molar-refractivity contribution >= 4 is 11.6 Å². The Morgan fingerprint density at radius 1 is 1.00 bits per heavy atom. The molecular weight excluding hydrogens is 202 g/mol. The van der Waals surface area contributed by atoms with E-state index >= 15 is 0 Å². The summed E-state index contributed by atoms with van der Waals surface area (Å²) in [6.45, 7) is 0. The van der Waals surface area contributed by atoms with Gasteiger partial charge in [-0.3, -0.25) is 0 Å². The lowest BCUT2D eigenvalue weighted by molar-refractivity contribution is 1.18. The Labute approximate surface area is 92.4 Å². The van der Waals surface area contributed by atoms with Gasteiger partial charge < -0.3 is 11.5 Å². The second kappa shape index (κ2) is 3.87. The molecule has 2 aromatic rings. The summed E-state index contributed by atoms with van der Waals surface area (Å²) < 4.78 is 0. The smallest absolute Gasteiger partial charge is 0.163 e. The molecule has 0 bridgehead atoms. The molecule has 2 rings (SSSR count). The minimum Gasteiger partial charge on any atom is -0.382 e. The normalized spacial score (nSPS) is 9.69. The Balaban J connectivity index is 2.58. The second-order valence-electron chi connectivity index (χ2n) is 3.17. The highest BCUT2D eigenvalue weighted by Gasteiger charge is 2.10. The van der Waals surface area contributed by atoms with Crippen molar-refractivity contribution in [3.05, 3.63) is 35.9 Å². The highest BCUT2D eigenvalue weighted by Crippen LogP contribution is 2.20. The number of nitrogens with zero attached hydrogens (tertiary/aromatic N) is 3. The lowest BCUT2D eigenvalue weighted by Gasteiger charge is -2.04. The van der Waals surface area contributed by atoms with Crippen molar-refractivity contribution in [1.29, 1.82) is 5.26 Å². The number of nitrogens with two attached hydrogens (primary N) is 2. The molecule has 0 aliphatic carbocycles. The first-order valence-electron chi connectivity index (χ1n) is 4.61. The van der Waals surface area contributed by atoms with Crippen molar-refractivity contribution in [2.45, 2.75) is 0 Å². The van der Waals surface area contributed by atoms with E-state index in [9.17, 15) is 0 Å². The maximum atomic E-state index is 8.77. The minimum atomic E-state index is 0.105. The van der Waals surface area contributed by atoms with E-state index in [0.29, 0.717) is 5.82 Å². The standard InChI is InChI=1S/C11H9N5/c12-6-8-9(13)15-11(16-10(8)14)7-4-2-1-3-5-7/h1-5H,(H4,13,14,15,16). The summed E-state index contributed by atoms with van der Waals surface area (Å²) >= 11 is 0. The van der Waals surface area contributed by atoms with Crippen molar-refractivity contribution in [1.82, 2.24) is 9.97 Å². The topological polar surface area (TPSA) is 102 Å². The number of nitrogen functional groups attached to an aromatic ring is 2. The molecule has 0 unspecified atom stereocenters. The van der Waals surface area contributed by atoms with Gasteiger partial charge in [-0.2, -0.15) is 5.26 Å². The van der Waals surface area contributed by atoms with E-state index in [1.807, 2.05) is 36.4 Å². The Bertz CT molecular complexity index is 533. The van der Waals surface area contributed by atoms with Crippen LogP contribution in [0.5, 0.6) is 0 Å². The number of nitriles is 1. The number of benzene rings is 1. The highest BCUT2D eigenvalue weighted by atomic mass is 15.0. The maximum absolute atomic E-state index is 8.77. The Morgan fingerprint density at radius 3 is 2.06 bits per heavy atom. The highest BCUT2D eigenvalue weighted by molar-refractivity contribution is 5.66. The molecule has 0 atom stereocenters. The first-order valence-corrected chi connectivity index (χ1v) is 4.61. The largest absolute Gasteiger partial charge is 0.382 e. The number of rotatable bonds is 1.